The predicted molar refractivity (Wildman–Crippen MR) is 66.8 cm³/mol. The summed E-state index contributed by atoms with van der Waals surface area (Å²) < 4.78 is 5.32. The van der Waals surface area contributed by atoms with Gasteiger partial charge in [0.2, 0.25) is 0 Å². The fourth-order valence-electron chi connectivity index (χ4n) is 2.80. The highest BCUT2D eigenvalue weighted by Gasteiger charge is 2.49. The van der Waals surface area contributed by atoms with Crippen molar-refractivity contribution in [2.75, 3.05) is 19.7 Å². The van der Waals surface area contributed by atoms with Crippen LogP contribution in [-0.2, 0) is 9.53 Å². The SMILES string of the molecule is CCOC(=O)C1(NC2CC2)CCNCC1CC. The minimum Gasteiger partial charge on any atom is -0.465 e. The molecule has 0 bridgehead atoms. The lowest BCUT2D eigenvalue weighted by molar-refractivity contribution is -0.155. The van der Waals surface area contributed by atoms with E-state index in [-0.39, 0.29) is 5.97 Å². The molecular weight excluding hydrogens is 216 g/mol. The van der Waals surface area contributed by atoms with Crippen molar-refractivity contribution in [3.8, 4) is 0 Å². The molecule has 0 aromatic carbocycles. The molecule has 0 aromatic heterocycles. The lowest BCUT2D eigenvalue weighted by Crippen LogP contribution is -2.64. The first-order valence-electron chi connectivity index (χ1n) is 6.88. The Kier molecular flexibility index (Phi) is 4.05. The van der Waals surface area contributed by atoms with Gasteiger partial charge in [-0.15, -0.1) is 0 Å². The highest BCUT2D eigenvalue weighted by molar-refractivity contribution is 5.81. The second-order valence-corrected chi connectivity index (χ2v) is 5.17. The number of carbonyl (C=O) groups excluding carboxylic acids is 1. The van der Waals surface area contributed by atoms with Crippen molar-refractivity contribution >= 4 is 5.97 Å². The van der Waals surface area contributed by atoms with Gasteiger partial charge in [-0.1, -0.05) is 6.92 Å². The third kappa shape index (κ3) is 2.63. The third-order valence-corrected chi connectivity index (χ3v) is 3.96. The molecule has 0 radical (unpaired) electrons. The number of carbonyl (C=O) groups is 1. The van der Waals surface area contributed by atoms with Gasteiger partial charge in [-0.3, -0.25) is 10.1 Å². The van der Waals surface area contributed by atoms with Crippen LogP contribution >= 0.6 is 0 Å². The molecular formula is C13H24N2O2. The Bertz CT molecular complexity index is 279. The van der Waals surface area contributed by atoms with Crippen LogP contribution in [0.25, 0.3) is 0 Å². The van der Waals surface area contributed by atoms with Crippen LogP contribution in [0.2, 0.25) is 0 Å². The molecule has 2 aliphatic rings. The molecule has 4 nitrogen and oxygen atoms in total. The molecule has 1 saturated carbocycles. The van der Waals surface area contributed by atoms with E-state index in [1.54, 1.807) is 0 Å². The Hall–Kier alpha value is -0.610. The average molecular weight is 240 g/mol. The number of rotatable bonds is 5. The van der Waals surface area contributed by atoms with E-state index in [4.69, 9.17) is 4.74 Å². The van der Waals surface area contributed by atoms with Crippen molar-refractivity contribution in [1.29, 1.82) is 0 Å². The van der Waals surface area contributed by atoms with E-state index in [9.17, 15) is 4.79 Å². The number of ether oxygens (including phenoxy) is 1. The van der Waals surface area contributed by atoms with Crippen LogP contribution in [0.1, 0.15) is 39.5 Å². The maximum absolute atomic E-state index is 12.3. The lowest BCUT2D eigenvalue weighted by atomic mass is 9.76. The average Bonchev–Trinajstić information content (AvgIpc) is 3.13. The third-order valence-electron chi connectivity index (χ3n) is 3.96. The summed E-state index contributed by atoms with van der Waals surface area (Å²) in [5, 5.41) is 6.96. The minimum absolute atomic E-state index is 0.0414. The first kappa shape index (κ1) is 12.8. The van der Waals surface area contributed by atoms with Crippen molar-refractivity contribution in [3.63, 3.8) is 0 Å². The van der Waals surface area contributed by atoms with Gasteiger partial charge in [0.05, 0.1) is 6.61 Å². The molecule has 98 valence electrons. The first-order chi connectivity index (χ1) is 8.23. The number of piperidine rings is 1. The van der Waals surface area contributed by atoms with Crippen molar-refractivity contribution in [1.82, 2.24) is 10.6 Å². The zero-order chi connectivity index (χ0) is 12.3. The van der Waals surface area contributed by atoms with Gasteiger partial charge in [-0.05, 0) is 39.2 Å². The number of hydrogen-bond donors (Lipinski definition) is 2. The van der Waals surface area contributed by atoms with E-state index in [1.165, 1.54) is 12.8 Å². The van der Waals surface area contributed by atoms with Crippen LogP contribution in [0.4, 0.5) is 0 Å². The minimum atomic E-state index is -0.433. The number of esters is 1. The highest BCUT2D eigenvalue weighted by atomic mass is 16.5. The van der Waals surface area contributed by atoms with Gasteiger partial charge >= 0.3 is 5.97 Å². The standard InChI is InChI=1S/C13H24N2O2/c1-3-10-9-14-8-7-13(10,12(16)17-4-2)15-11-5-6-11/h10-11,14-15H,3-9H2,1-2H3. The van der Waals surface area contributed by atoms with E-state index in [1.807, 2.05) is 6.92 Å². The lowest BCUT2D eigenvalue weighted by Gasteiger charge is -2.42. The second-order valence-electron chi connectivity index (χ2n) is 5.17. The molecule has 0 amide bonds. The summed E-state index contributed by atoms with van der Waals surface area (Å²) in [5.74, 6) is 0.302. The van der Waals surface area contributed by atoms with E-state index < -0.39 is 5.54 Å². The van der Waals surface area contributed by atoms with E-state index >= 15 is 0 Å². The molecule has 2 rings (SSSR count). The van der Waals surface area contributed by atoms with E-state index in [0.29, 0.717) is 18.6 Å². The van der Waals surface area contributed by atoms with Gasteiger partial charge in [0.1, 0.15) is 5.54 Å². The summed E-state index contributed by atoms with van der Waals surface area (Å²) in [4.78, 5) is 12.3. The largest absolute Gasteiger partial charge is 0.465 e. The normalized spacial score (nSPS) is 33.4. The van der Waals surface area contributed by atoms with Crippen LogP contribution in [0.3, 0.4) is 0 Å². The molecule has 2 atom stereocenters. The highest BCUT2D eigenvalue weighted by Crippen LogP contribution is 2.33. The smallest absolute Gasteiger partial charge is 0.326 e. The Morgan fingerprint density at radius 1 is 1.47 bits per heavy atom. The van der Waals surface area contributed by atoms with Gasteiger partial charge in [0.25, 0.3) is 0 Å². The topological polar surface area (TPSA) is 50.4 Å². The summed E-state index contributed by atoms with van der Waals surface area (Å²) in [7, 11) is 0. The summed E-state index contributed by atoms with van der Waals surface area (Å²) in [5.41, 5.74) is -0.433. The molecule has 1 aliphatic heterocycles. The summed E-state index contributed by atoms with van der Waals surface area (Å²) >= 11 is 0. The monoisotopic (exact) mass is 240 g/mol. The summed E-state index contributed by atoms with van der Waals surface area (Å²) in [6, 6.07) is 0.534. The van der Waals surface area contributed by atoms with Gasteiger partial charge < -0.3 is 10.1 Å². The van der Waals surface area contributed by atoms with Crippen LogP contribution in [0, 0.1) is 5.92 Å². The number of nitrogens with one attached hydrogen (secondary N) is 2. The van der Waals surface area contributed by atoms with Crippen LogP contribution in [-0.4, -0.2) is 37.2 Å². The molecule has 1 aliphatic carbocycles. The molecule has 2 N–H and O–H groups in total. The number of hydrogen-bond acceptors (Lipinski definition) is 4. The fraction of sp³-hybridized carbons (Fsp3) is 0.923. The Morgan fingerprint density at radius 2 is 2.24 bits per heavy atom. The molecule has 2 fully saturated rings. The molecule has 4 heteroatoms. The molecule has 1 saturated heterocycles. The molecule has 1 heterocycles. The fourth-order valence-corrected chi connectivity index (χ4v) is 2.80. The maximum Gasteiger partial charge on any atom is 0.326 e. The Morgan fingerprint density at radius 3 is 2.82 bits per heavy atom. The van der Waals surface area contributed by atoms with Gasteiger partial charge in [0.15, 0.2) is 0 Å². The van der Waals surface area contributed by atoms with Gasteiger partial charge in [0, 0.05) is 18.5 Å². The van der Waals surface area contributed by atoms with E-state index in [0.717, 1.165) is 25.9 Å². The molecule has 17 heavy (non-hydrogen) atoms. The Labute approximate surface area is 103 Å². The molecule has 2 unspecified atom stereocenters. The van der Waals surface area contributed by atoms with Crippen LogP contribution in [0.5, 0.6) is 0 Å². The molecule has 0 aromatic rings. The quantitative estimate of drug-likeness (QED) is 0.706. The summed E-state index contributed by atoms with van der Waals surface area (Å²) in [6.45, 7) is 6.31. The van der Waals surface area contributed by atoms with Crippen molar-refractivity contribution in [2.45, 2.75) is 51.1 Å². The zero-order valence-electron chi connectivity index (χ0n) is 10.9. The molecule has 0 spiro atoms. The van der Waals surface area contributed by atoms with Crippen LogP contribution < -0.4 is 10.6 Å². The van der Waals surface area contributed by atoms with Crippen molar-refractivity contribution < 1.29 is 9.53 Å². The van der Waals surface area contributed by atoms with Crippen molar-refractivity contribution in [3.05, 3.63) is 0 Å². The van der Waals surface area contributed by atoms with Crippen LogP contribution in [0.15, 0.2) is 0 Å². The predicted octanol–water partition coefficient (Wildman–Crippen LogP) is 1.06. The van der Waals surface area contributed by atoms with Gasteiger partial charge in [-0.2, -0.15) is 0 Å². The zero-order valence-corrected chi connectivity index (χ0v) is 10.9. The first-order valence-corrected chi connectivity index (χ1v) is 6.88. The van der Waals surface area contributed by atoms with Crippen molar-refractivity contribution in [2.24, 2.45) is 5.92 Å². The summed E-state index contributed by atoms with van der Waals surface area (Å²) in [6.07, 6.45) is 4.25. The second kappa shape index (κ2) is 5.36. The van der Waals surface area contributed by atoms with Gasteiger partial charge in [-0.25, -0.2) is 0 Å². The maximum atomic E-state index is 12.3. The van der Waals surface area contributed by atoms with E-state index in [2.05, 4.69) is 17.6 Å². The Balaban J connectivity index is 2.15.